The Kier molecular flexibility index (Phi) is 4.52. The second kappa shape index (κ2) is 6.17. The summed E-state index contributed by atoms with van der Waals surface area (Å²) in [4.78, 5) is 12.3. The molecule has 1 unspecified atom stereocenters. The number of amides is 1. The average molecular weight is 305 g/mol. The molecule has 0 aliphatic rings. The highest BCUT2D eigenvalue weighted by molar-refractivity contribution is 8.00. The topological polar surface area (TPSA) is 85.8 Å². The van der Waals surface area contributed by atoms with Crippen LogP contribution in [0.25, 0.3) is 0 Å². The fraction of sp³-hybridized carbons (Fsp3) is 0.357. The van der Waals surface area contributed by atoms with E-state index in [0.717, 1.165) is 22.2 Å². The van der Waals surface area contributed by atoms with Gasteiger partial charge >= 0.3 is 0 Å². The van der Waals surface area contributed by atoms with E-state index in [0.29, 0.717) is 5.69 Å². The number of nitrogens with two attached hydrogens (primary N) is 1. The maximum atomic E-state index is 12.3. The fourth-order valence-electron chi connectivity index (χ4n) is 1.73. The van der Waals surface area contributed by atoms with Crippen LogP contribution >= 0.6 is 11.8 Å². The van der Waals surface area contributed by atoms with E-state index in [4.69, 9.17) is 5.73 Å². The van der Waals surface area contributed by atoms with Gasteiger partial charge in [-0.05, 0) is 38.5 Å². The van der Waals surface area contributed by atoms with E-state index in [1.165, 1.54) is 11.8 Å². The monoisotopic (exact) mass is 305 g/mol. The predicted molar refractivity (Wildman–Crippen MR) is 85.3 cm³/mol. The van der Waals surface area contributed by atoms with Gasteiger partial charge in [0.25, 0.3) is 0 Å². The van der Waals surface area contributed by atoms with E-state index in [2.05, 4.69) is 15.5 Å². The first-order chi connectivity index (χ1) is 9.90. The highest BCUT2D eigenvalue weighted by Crippen LogP contribution is 2.24. The van der Waals surface area contributed by atoms with E-state index in [-0.39, 0.29) is 11.2 Å². The van der Waals surface area contributed by atoms with Crippen molar-refractivity contribution in [2.24, 2.45) is 7.05 Å². The van der Waals surface area contributed by atoms with Crippen LogP contribution in [0.5, 0.6) is 0 Å². The number of nitrogens with zero attached hydrogens (tertiary/aromatic N) is 3. The Morgan fingerprint density at radius 3 is 2.71 bits per heavy atom. The number of carbonyl (C=O) groups excluding carboxylic acids is 1. The number of carbonyl (C=O) groups is 1. The van der Waals surface area contributed by atoms with Crippen LogP contribution in [0.1, 0.15) is 18.3 Å². The number of hydrogen-bond acceptors (Lipinski definition) is 5. The molecule has 0 saturated carbocycles. The second-order valence-electron chi connectivity index (χ2n) is 4.86. The van der Waals surface area contributed by atoms with E-state index >= 15 is 0 Å². The van der Waals surface area contributed by atoms with Gasteiger partial charge in [-0.2, -0.15) is 0 Å². The summed E-state index contributed by atoms with van der Waals surface area (Å²) in [5.74, 6) is 0.728. The first kappa shape index (κ1) is 15.4. The van der Waals surface area contributed by atoms with Gasteiger partial charge in [-0.15, -0.1) is 10.2 Å². The number of benzene rings is 1. The number of nitrogens with one attached hydrogen (secondary N) is 1. The molecule has 2 rings (SSSR count). The Balaban J connectivity index is 2.06. The lowest BCUT2D eigenvalue weighted by atomic mass is 10.1. The molecule has 1 aromatic heterocycles. The first-order valence-corrected chi connectivity index (χ1v) is 7.46. The average Bonchev–Trinajstić information content (AvgIpc) is 2.75. The van der Waals surface area contributed by atoms with Crippen molar-refractivity contribution >= 4 is 29.0 Å². The van der Waals surface area contributed by atoms with Crippen molar-refractivity contribution < 1.29 is 4.79 Å². The molecule has 0 saturated heterocycles. The van der Waals surface area contributed by atoms with Crippen molar-refractivity contribution in [1.29, 1.82) is 0 Å². The standard InChI is InChI=1S/C14H19N5OS/c1-8-11(15)6-5-7-12(8)16-13(20)9(2)21-14-18-17-10(3)19(14)4/h5-7,9H,15H2,1-4H3,(H,16,20). The van der Waals surface area contributed by atoms with Gasteiger partial charge in [0.05, 0.1) is 5.25 Å². The van der Waals surface area contributed by atoms with Crippen LogP contribution in [-0.2, 0) is 11.8 Å². The van der Waals surface area contributed by atoms with Crippen LogP contribution in [0, 0.1) is 13.8 Å². The lowest BCUT2D eigenvalue weighted by Gasteiger charge is -2.14. The number of anilines is 2. The summed E-state index contributed by atoms with van der Waals surface area (Å²) in [5, 5.41) is 11.4. The number of aryl methyl sites for hydroxylation is 1. The van der Waals surface area contributed by atoms with Crippen molar-refractivity contribution in [3.8, 4) is 0 Å². The van der Waals surface area contributed by atoms with Crippen molar-refractivity contribution in [1.82, 2.24) is 14.8 Å². The van der Waals surface area contributed by atoms with Gasteiger partial charge in [-0.25, -0.2) is 0 Å². The maximum Gasteiger partial charge on any atom is 0.237 e. The molecular formula is C14H19N5OS. The van der Waals surface area contributed by atoms with Gasteiger partial charge in [-0.3, -0.25) is 4.79 Å². The normalized spacial score (nSPS) is 12.2. The van der Waals surface area contributed by atoms with E-state index in [1.807, 2.05) is 50.6 Å². The number of aromatic nitrogens is 3. The Morgan fingerprint density at radius 2 is 2.10 bits per heavy atom. The zero-order valence-corrected chi connectivity index (χ0v) is 13.4. The van der Waals surface area contributed by atoms with Gasteiger partial charge in [-0.1, -0.05) is 17.8 Å². The molecule has 112 valence electrons. The van der Waals surface area contributed by atoms with E-state index in [1.54, 1.807) is 0 Å². The molecule has 0 bridgehead atoms. The molecular weight excluding hydrogens is 286 g/mol. The van der Waals surface area contributed by atoms with Crippen molar-refractivity contribution in [3.05, 3.63) is 29.6 Å². The predicted octanol–water partition coefficient (Wildman–Crippen LogP) is 2.13. The molecule has 0 aliphatic carbocycles. The number of rotatable bonds is 4. The van der Waals surface area contributed by atoms with Crippen LogP contribution in [0.4, 0.5) is 11.4 Å². The van der Waals surface area contributed by atoms with Crippen molar-refractivity contribution in [2.75, 3.05) is 11.1 Å². The molecule has 0 spiro atoms. The molecule has 3 N–H and O–H groups in total. The number of hydrogen-bond donors (Lipinski definition) is 2. The zero-order valence-electron chi connectivity index (χ0n) is 12.5. The molecule has 2 aromatic rings. The Hall–Kier alpha value is -2.02. The zero-order chi connectivity index (χ0) is 15.6. The van der Waals surface area contributed by atoms with Crippen LogP contribution in [0.3, 0.4) is 0 Å². The molecule has 1 atom stereocenters. The largest absolute Gasteiger partial charge is 0.398 e. The summed E-state index contributed by atoms with van der Waals surface area (Å²) in [6.07, 6.45) is 0. The minimum atomic E-state index is -0.284. The van der Waals surface area contributed by atoms with Crippen LogP contribution in [0.2, 0.25) is 0 Å². The van der Waals surface area contributed by atoms with E-state index < -0.39 is 0 Å². The summed E-state index contributed by atoms with van der Waals surface area (Å²) in [6.45, 7) is 5.60. The molecule has 0 aliphatic heterocycles. The summed E-state index contributed by atoms with van der Waals surface area (Å²) in [6, 6.07) is 5.47. The third-order valence-electron chi connectivity index (χ3n) is 3.34. The minimum Gasteiger partial charge on any atom is -0.398 e. The number of nitrogen functional groups attached to an aromatic ring is 1. The fourth-order valence-corrected chi connectivity index (χ4v) is 2.59. The lowest BCUT2D eigenvalue weighted by Crippen LogP contribution is -2.23. The molecule has 1 amide bonds. The molecule has 21 heavy (non-hydrogen) atoms. The molecule has 0 fully saturated rings. The Morgan fingerprint density at radius 1 is 1.38 bits per heavy atom. The highest BCUT2D eigenvalue weighted by atomic mass is 32.2. The van der Waals surface area contributed by atoms with Crippen molar-refractivity contribution in [2.45, 2.75) is 31.2 Å². The van der Waals surface area contributed by atoms with Crippen LogP contribution in [-0.4, -0.2) is 25.9 Å². The summed E-state index contributed by atoms with van der Waals surface area (Å²) >= 11 is 1.37. The van der Waals surface area contributed by atoms with Crippen LogP contribution in [0.15, 0.2) is 23.4 Å². The Bertz CT molecular complexity index is 667. The van der Waals surface area contributed by atoms with Crippen LogP contribution < -0.4 is 11.1 Å². The quantitative estimate of drug-likeness (QED) is 0.667. The van der Waals surface area contributed by atoms with Crippen molar-refractivity contribution in [3.63, 3.8) is 0 Å². The molecule has 6 nitrogen and oxygen atoms in total. The SMILES string of the molecule is Cc1c(N)cccc1NC(=O)C(C)Sc1nnc(C)n1C. The minimum absolute atomic E-state index is 0.0886. The van der Waals surface area contributed by atoms with Gasteiger partial charge in [0.15, 0.2) is 5.16 Å². The van der Waals surface area contributed by atoms with Gasteiger partial charge < -0.3 is 15.6 Å². The summed E-state index contributed by atoms with van der Waals surface area (Å²) in [5.41, 5.74) is 8.11. The van der Waals surface area contributed by atoms with Gasteiger partial charge in [0.2, 0.25) is 5.91 Å². The van der Waals surface area contributed by atoms with Gasteiger partial charge in [0.1, 0.15) is 5.82 Å². The third kappa shape index (κ3) is 3.36. The van der Waals surface area contributed by atoms with Gasteiger partial charge in [0, 0.05) is 18.4 Å². The molecule has 0 radical (unpaired) electrons. The first-order valence-electron chi connectivity index (χ1n) is 6.58. The highest BCUT2D eigenvalue weighted by Gasteiger charge is 2.18. The Labute approximate surface area is 128 Å². The third-order valence-corrected chi connectivity index (χ3v) is 4.47. The number of thioether (sulfide) groups is 1. The molecule has 1 aromatic carbocycles. The smallest absolute Gasteiger partial charge is 0.237 e. The summed E-state index contributed by atoms with van der Waals surface area (Å²) < 4.78 is 1.86. The summed E-state index contributed by atoms with van der Waals surface area (Å²) in [7, 11) is 1.88. The molecule has 1 heterocycles. The molecule has 7 heteroatoms. The lowest BCUT2D eigenvalue weighted by molar-refractivity contribution is -0.115. The maximum absolute atomic E-state index is 12.3. The van der Waals surface area contributed by atoms with E-state index in [9.17, 15) is 4.79 Å². The second-order valence-corrected chi connectivity index (χ2v) is 6.17.